The fourth-order valence-corrected chi connectivity index (χ4v) is 2.18. The topological polar surface area (TPSA) is 76.2 Å². The van der Waals surface area contributed by atoms with E-state index in [0.717, 1.165) is 11.6 Å². The van der Waals surface area contributed by atoms with Gasteiger partial charge in [-0.2, -0.15) is 0 Å². The third kappa shape index (κ3) is 3.25. The molecule has 0 aliphatic rings. The first kappa shape index (κ1) is 15.1. The Kier molecular flexibility index (Phi) is 4.32. The van der Waals surface area contributed by atoms with E-state index in [9.17, 15) is 10.1 Å². The smallest absolute Gasteiger partial charge is 0.292 e. The molecule has 1 aromatic carbocycles. The summed E-state index contributed by atoms with van der Waals surface area (Å²) in [5.74, 6) is 0.812. The van der Waals surface area contributed by atoms with Gasteiger partial charge in [-0.25, -0.2) is 4.98 Å². The van der Waals surface area contributed by atoms with Crippen molar-refractivity contribution in [3.63, 3.8) is 0 Å². The molecule has 21 heavy (non-hydrogen) atoms. The van der Waals surface area contributed by atoms with Crippen molar-refractivity contribution in [1.29, 1.82) is 0 Å². The Morgan fingerprint density at radius 2 is 2.19 bits per heavy atom. The number of imidazole rings is 1. The van der Waals surface area contributed by atoms with E-state index in [1.165, 1.54) is 12.1 Å². The number of benzene rings is 1. The average molecular weight is 310 g/mol. The monoisotopic (exact) mass is 309 g/mol. The second-order valence-corrected chi connectivity index (χ2v) is 5.21. The van der Waals surface area contributed by atoms with Crippen molar-refractivity contribution >= 4 is 28.9 Å². The number of nitro groups is 1. The Morgan fingerprint density at radius 3 is 2.76 bits per heavy atom. The van der Waals surface area contributed by atoms with Gasteiger partial charge in [-0.15, -0.1) is 0 Å². The number of nitro benzene ring substituents is 1. The van der Waals surface area contributed by atoms with Gasteiger partial charge in [0.2, 0.25) is 5.95 Å². The summed E-state index contributed by atoms with van der Waals surface area (Å²) in [6.07, 6.45) is 1.73. The molecule has 0 unspecified atom stereocenters. The van der Waals surface area contributed by atoms with Gasteiger partial charge in [0, 0.05) is 32.2 Å². The van der Waals surface area contributed by atoms with Gasteiger partial charge in [0.1, 0.15) is 5.69 Å². The molecule has 8 heteroatoms. The van der Waals surface area contributed by atoms with Crippen molar-refractivity contribution < 1.29 is 4.92 Å². The van der Waals surface area contributed by atoms with Crippen molar-refractivity contribution in [2.75, 3.05) is 24.3 Å². The van der Waals surface area contributed by atoms with Crippen LogP contribution in [0.15, 0.2) is 24.4 Å². The van der Waals surface area contributed by atoms with E-state index in [1.807, 2.05) is 30.6 Å². The molecule has 0 amide bonds. The lowest BCUT2D eigenvalue weighted by atomic mass is 10.2. The molecule has 1 aromatic heterocycles. The predicted octanol–water partition coefficient (Wildman–Crippen LogP) is 2.66. The Hall–Kier alpha value is -2.28. The van der Waals surface area contributed by atoms with Gasteiger partial charge in [0.25, 0.3) is 5.69 Å². The number of aromatic nitrogens is 2. The average Bonchev–Trinajstić information content (AvgIpc) is 2.77. The number of hydrogen-bond acceptors (Lipinski definition) is 5. The first-order valence-electron chi connectivity index (χ1n) is 6.26. The summed E-state index contributed by atoms with van der Waals surface area (Å²) in [6, 6.07) is 4.43. The number of anilines is 2. The molecule has 0 aliphatic heterocycles. The maximum atomic E-state index is 11.0. The van der Waals surface area contributed by atoms with Crippen molar-refractivity contribution in [2.24, 2.45) is 7.05 Å². The van der Waals surface area contributed by atoms with Crippen LogP contribution in [0.25, 0.3) is 0 Å². The highest BCUT2D eigenvalue weighted by Crippen LogP contribution is 2.28. The number of nitrogens with one attached hydrogen (secondary N) is 1. The number of hydrogen-bond donors (Lipinski definition) is 1. The highest BCUT2D eigenvalue weighted by Gasteiger charge is 2.15. The Labute approximate surface area is 127 Å². The van der Waals surface area contributed by atoms with Gasteiger partial charge in [-0.3, -0.25) is 10.1 Å². The zero-order valence-corrected chi connectivity index (χ0v) is 12.8. The molecule has 0 saturated carbocycles. The molecule has 2 aromatic rings. The summed E-state index contributed by atoms with van der Waals surface area (Å²) in [5, 5.41) is 14.5. The number of nitrogens with zero attached hydrogens (tertiary/aromatic N) is 4. The third-order valence-corrected chi connectivity index (χ3v) is 3.31. The normalized spacial score (nSPS) is 10.5. The van der Waals surface area contributed by atoms with Gasteiger partial charge in [-0.1, -0.05) is 11.6 Å². The van der Waals surface area contributed by atoms with Gasteiger partial charge in [0.05, 0.1) is 23.4 Å². The van der Waals surface area contributed by atoms with Crippen LogP contribution in [0.1, 0.15) is 5.69 Å². The van der Waals surface area contributed by atoms with Crippen LogP contribution in [0.5, 0.6) is 0 Å². The second-order valence-electron chi connectivity index (χ2n) is 4.78. The Morgan fingerprint density at radius 1 is 1.48 bits per heavy atom. The molecule has 1 heterocycles. The lowest BCUT2D eigenvalue weighted by molar-refractivity contribution is -0.384. The van der Waals surface area contributed by atoms with E-state index in [2.05, 4.69) is 10.3 Å². The van der Waals surface area contributed by atoms with Crippen LogP contribution in [0.2, 0.25) is 5.02 Å². The lowest BCUT2D eigenvalue weighted by Gasteiger charge is -2.13. The molecule has 7 nitrogen and oxygen atoms in total. The van der Waals surface area contributed by atoms with Crippen molar-refractivity contribution in [1.82, 2.24) is 9.55 Å². The molecule has 0 saturated heterocycles. The van der Waals surface area contributed by atoms with Gasteiger partial charge in [-0.05, 0) is 12.1 Å². The minimum atomic E-state index is -0.437. The van der Waals surface area contributed by atoms with Crippen LogP contribution in [0.4, 0.5) is 17.3 Å². The van der Waals surface area contributed by atoms with Crippen LogP contribution in [0.3, 0.4) is 0 Å². The minimum Gasteiger partial charge on any atom is -0.374 e. The Bertz CT molecular complexity index is 669. The van der Waals surface area contributed by atoms with Crippen molar-refractivity contribution in [3.05, 3.63) is 45.2 Å². The molecule has 0 radical (unpaired) electrons. The molecular formula is C13H16ClN5O2. The summed E-state index contributed by atoms with van der Waals surface area (Å²) in [6.45, 7) is 0.415. The van der Waals surface area contributed by atoms with Crippen LogP contribution in [-0.4, -0.2) is 28.6 Å². The molecule has 1 N–H and O–H groups in total. The van der Waals surface area contributed by atoms with E-state index in [-0.39, 0.29) is 5.69 Å². The second kappa shape index (κ2) is 6.01. The maximum absolute atomic E-state index is 11.0. The zero-order chi connectivity index (χ0) is 15.6. The van der Waals surface area contributed by atoms with E-state index in [4.69, 9.17) is 11.6 Å². The standard InChI is InChI=1S/C13H16ClN5O2/c1-17(2)13-16-8-10(18(13)3)7-15-11-6-9(14)4-5-12(11)19(20)21/h4-6,8,15H,7H2,1-3H3. The molecule has 2 rings (SSSR count). The van der Waals surface area contributed by atoms with Crippen LogP contribution in [-0.2, 0) is 13.6 Å². The first-order valence-corrected chi connectivity index (χ1v) is 6.63. The van der Waals surface area contributed by atoms with E-state index in [0.29, 0.717) is 17.3 Å². The molecule has 112 valence electrons. The summed E-state index contributed by atoms with van der Waals surface area (Å²) in [5.41, 5.74) is 1.29. The largest absolute Gasteiger partial charge is 0.374 e. The predicted molar refractivity (Wildman–Crippen MR) is 83.0 cm³/mol. The van der Waals surface area contributed by atoms with Crippen LogP contribution < -0.4 is 10.2 Å². The quantitative estimate of drug-likeness (QED) is 0.679. The SMILES string of the molecule is CN(C)c1ncc(CNc2cc(Cl)ccc2[N+](=O)[O-])n1C. The van der Waals surface area contributed by atoms with Crippen molar-refractivity contribution in [3.8, 4) is 0 Å². The summed E-state index contributed by atoms with van der Waals surface area (Å²) < 4.78 is 1.92. The summed E-state index contributed by atoms with van der Waals surface area (Å²) >= 11 is 5.89. The minimum absolute atomic E-state index is 0.00518. The van der Waals surface area contributed by atoms with Crippen LogP contribution >= 0.6 is 11.6 Å². The van der Waals surface area contributed by atoms with Crippen molar-refractivity contribution in [2.45, 2.75) is 6.54 Å². The summed E-state index contributed by atoms with van der Waals surface area (Å²) in [4.78, 5) is 16.8. The fourth-order valence-electron chi connectivity index (χ4n) is 2.01. The number of rotatable bonds is 5. The highest BCUT2D eigenvalue weighted by molar-refractivity contribution is 6.31. The fraction of sp³-hybridized carbons (Fsp3) is 0.308. The molecular weight excluding hydrogens is 294 g/mol. The van der Waals surface area contributed by atoms with Gasteiger partial charge in [0.15, 0.2) is 0 Å². The molecule has 0 atom stereocenters. The van der Waals surface area contributed by atoms with E-state index >= 15 is 0 Å². The van der Waals surface area contributed by atoms with E-state index in [1.54, 1.807) is 12.3 Å². The highest BCUT2D eigenvalue weighted by atomic mass is 35.5. The van der Waals surface area contributed by atoms with Gasteiger partial charge < -0.3 is 14.8 Å². The lowest BCUT2D eigenvalue weighted by Crippen LogP contribution is -2.15. The number of halogens is 1. The zero-order valence-electron chi connectivity index (χ0n) is 12.0. The van der Waals surface area contributed by atoms with Gasteiger partial charge >= 0.3 is 0 Å². The van der Waals surface area contributed by atoms with Crippen LogP contribution in [0, 0.1) is 10.1 Å². The molecule has 0 bridgehead atoms. The maximum Gasteiger partial charge on any atom is 0.292 e. The Balaban J connectivity index is 2.20. The molecule has 0 fully saturated rings. The summed E-state index contributed by atoms with van der Waals surface area (Å²) in [7, 11) is 5.70. The molecule has 0 spiro atoms. The third-order valence-electron chi connectivity index (χ3n) is 3.08. The van der Waals surface area contributed by atoms with E-state index < -0.39 is 4.92 Å². The molecule has 0 aliphatic carbocycles. The first-order chi connectivity index (χ1) is 9.90.